The van der Waals surface area contributed by atoms with E-state index in [0.29, 0.717) is 22.4 Å². The Balaban J connectivity index is 1.68. The van der Waals surface area contributed by atoms with Crippen molar-refractivity contribution in [3.05, 3.63) is 64.0 Å². The Labute approximate surface area is 184 Å². The Kier molecular flexibility index (Phi) is 6.51. The van der Waals surface area contributed by atoms with Crippen LogP contribution >= 0.6 is 23.2 Å². The molecule has 0 aliphatic heterocycles. The van der Waals surface area contributed by atoms with Gasteiger partial charge in [0.25, 0.3) is 0 Å². The number of nitrogens with zero attached hydrogens (tertiary/aromatic N) is 2. The molecule has 1 aromatic carbocycles. The minimum Gasteiger partial charge on any atom is -0.458 e. The number of esters is 1. The first kappa shape index (κ1) is 23.3. The number of hydrogen-bond donors (Lipinski definition) is 1. The third-order valence-electron chi connectivity index (χ3n) is 4.07. The van der Waals surface area contributed by atoms with E-state index in [-0.39, 0.29) is 6.61 Å². The molecule has 13 heteroatoms. The molecule has 31 heavy (non-hydrogen) atoms. The maximum atomic E-state index is 13.0. The van der Waals surface area contributed by atoms with E-state index >= 15 is 0 Å². The van der Waals surface area contributed by atoms with Crippen molar-refractivity contribution < 1.29 is 31.1 Å². The summed E-state index contributed by atoms with van der Waals surface area (Å²) in [5.74, 6) is -0.941. The minimum absolute atomic E-state index is 0.247. The first-order valence-electron chi connectivity index (χ1n) is 8.55. The number of carbonyl (C=O) groups excluding carboxylic acids is 1. The van der Waals surface area contributed by atoms with Crippen LogP contribution in [0.5, 0.6) is 0 Å². The molecule has 2 aromatic heterocycles. The van der Waals surface area contributed by atoms with E-state index in [0.717, 1.165) is 12.1 Å². The smallest absolute Gasteiger partial charge is 0.417 e. The standard InChI is InChI=1S/C18H14Cl2F3N3O4S/c1-10(17(27)30-9-12-8-26-7-11(19)2-5-16(26)24-12)25-31(28,29)13-3-4-15(20)14(6-13)18(21,22)23/h2-8,10,25H,9H2,1H3/t10-/m0/s1. The highest BCUT2D eigenvalue weighted by Gasteiger charge is 2.35. The van der Waals surface area contributed by atoms with Crippen LogP contribution in [0.15, 0.2) is 47.6 Å². The van der Waals surface area contributed by atoms with Gasteiger partial charge in [0.1, 0.15) is 18.3 Å². The van der Waals surface area contributed by atoms with E-state index in [1.807, 2.05) is 4.72 Å². The van der Waals surface area contributed by atoms with Crippen LogP contribution in [0, 0.1) is 0 Å². The maximum absolute atomic E-state index is 13.0. The minimum atomic E-state index is -4.84. The molecule has 0 saturated heterocycles. The number of carbonyl (C=O) groups is 1. The van der Waals surface area contributed by atoms with Gasteiger partial charge >= 0.3 is 12.1 Å². The van der Waals surface area contributed by atoms with Gasteiger partial charge in [0, 0.05) is 12.4 Å². The SMILES string of the molecule is C[C@H](NS(=O)(=O)c1ccc(Cl)c(C(F)(F)F)c1)C(=O)OCc1cn2cc(Cl)ccc2n1. The topological polar surface area (TPSA) is 89.8 Å². The highest BCUT2D eigenvalue weighted by atomic mass is 35.5. The molecule has 0 bridgehead atoms. The van der Waals surface area contributed by atoms with Gasteiger partial charge < -0.3 is 9.14 Å². The van der Waals surface area contributed by atoms with Gasteiger partial charge in [-0.05, 0) is 37.3 Å². The fraction of sp³-hybridized carbons (Fsp3) is 0.222. The molecular weight excluding hydrogens is 482 g/mol. The van der Waals surface area contributed by atoms with Gasteiger partial charge in [-0.15, -0.1) is 0 Å². The number of hydrogen-bond acceptors (Lipinski definition) is 5. The summed E-state index contributed by atoms with van der Waals surface area (Å²) in [6.45, 7) is 0.952. The molecule has 0 spiro atoms. The third-order valence-corrected chi connectivity index (χ3v) is 6.16. The van der Waals surface area contributed by atoms with Crippen LogP contribution in [0.2, 0.25) is 10.0 Å². The number of ether oxygens (including phenoxy) is 1. The van der Waals surface area contributed by atoms with Crippen molar-refractivity contribution in [2.75, 3.05) is 0 Å². The summed E-state index contributed by atoms with van der Waals surface area (Å²) in [4.78, 5) is 15.7. The fourth-order valence-electron chi connectivity index (χ4n) is 2.59. The van der Waals surface area contributed by atoms with E-state index in [9.17, 15) is 26.4 Å². The molecule has 166 valence electrons. The number of rotatable bonds is 6. The van der Waals surface area contributed by atoms with E-state index in [2.05, 4.69) is 4.98 Å². The van der Waals surface area contributed by atoms with E-state index in [4.69, 9.17) is 27.9 Å². The van der Waals surface area contributed by atoms with Gasteiger partial charge in [-0.3, -0.25) is 4.79 Å². The van der Waals surface area contributed by atoms with Crippen LogP contribution in [0.3, 0.4) is 0 Å². The summed E-state index contributed by atoms with van der Waals surface area (Å²) in [5.41, 5.74) is -0.357. The molecule has 1 N–H and O–H groups in total. The Morgan fingerprint density at radius 1 is 1.23 bits per heavy atom. The highest BCUT2D eigenvalue weighted by Crippen LogP contribution is 2.35. The van der Waals surface area contributed by atoms with Crippen LogP contribution in [-0.2, 0) is 32.3 Å². The second-order valence-corrected chi connectivity index (χ2v) is 8.99. The Hall–Kier alpha value is -2.34. The molecule has 1 atom stereocenters. The molecular formula is C18H14Cl2F3N3O4S. The zero-order valence-corrected chi connectivity index (χ0v) is 18.0. The highest BCUT2D eigenvalue weighted by molar-refractivity contribution is 7.89. The lowest BCUT2D eigenvalue weighted by Gasteiger charge is -2.15. The summed E-state index contributed by atoms with van der Waals surface area (Å²) >= 11 is 11.4. The number of fused-ring (bicyclic) bond motifs is 1. The van der Waals surface area contributed by atoms with Crippen molar-refractivity contribution in [1.29, 1.82) is 0 Å². The molecule has 0 amide bonds. The Morgan fingerprint density at radius 2 is 1.94 bits per heavy atom. The van der Waals surface area contributed by atoms with Gasteiger partial charge in [0.05, 0.1) is 26.2 Å². The first-order valence-corrected chi connectivity index (χ1v) is 10.8. The van der Waals surface area contributed by atoms with Crippen LogP contribution in [-0.4, -0.2) is 29.8 Å². The number of benzene rings is 1. The van der Waals surface area contributed by atoms with Gasteiger partial charge in [0.2, 0.25) is 10.0 Å². The molecule has 0 radical (unpaired) electrons. The van der Waals surface area contributed by atoms with Crippen molar-refractivity contribution in [3.8, 4) is 0 Å². The molecule has 0 aliphatic carbocycles. The zero-order chi connectivity index (χ0) is 23.0. The predicted octanol–water partition coefficient (Wildman–Crippen LogP) is 4.07. The number of aromatic nitrogens is 2. The van der Waals surface area contributed by atoms with Gasteiger partial charge in [-0.2, -0.15) is 17.9 Å². The quantitative estimate of drug-likeness (QED) is 0.520. The van der Waals surface area contributed by atoms with Gasteiger partial charge in [-0.25, -0.2) is 13.4 Å². The monoisotopic (exact) mass is 495 g/mol. The summed E-state index contributed by atoms with van der Waals surface area (Å²) in [7, 11) is -4.46. The van der Waals surface area contributed by atoms with E-state index < -0.39 is 43.7 Å². The van der Waals surface area contributed by atoms with E-state index in [1.165, 1.54) is 6.92 Å². The summed E-state index contributed by atoms with van der Waals surface area (Å²) < 4.78 is 72.4. The van der Waals surface area contributed by atoms with Gasteiger partial charge in [-0.1, -0.05) is 23.2 Å². The van der Waals surface area contributed by atoms with Gasteiger partial charge in [0.15, 0.2) is 0 Å². The maximum Gasteiger partial charge on any atom is 0.417 e. The lowest BCUT2D eigenvalue weighted by Crippen LogP contribution is -2.39. The molecule has 7 nitrogen and oxygen atoms in total. The van der Waals surface area contributed by atoms with Crippen molar-refractivity contribution in [2.45, 2.75) is 30.6 Å². The summed E-state index contributed by atoms with van der Waals surface area (Å²) in [5, 5.41) is -0.167. The summed E-state index contributed by atoms with van der Waals surface area (Å²) in [6, 6.07) is 4.03. The lowest BCUT2D eigenvalue weighted by atomic mass is 10.2. The van der Waals surface area contributed by atoms with Crippen molar-refractivity contribution >= 4 is 44.8 Å². The number of alkyl halides is 3. The number of pyridine rings is 1. The molecule has 2 heterocycles. The number of imidazole rings is 1. The molecule has 0 saturated carbocycles. The fourth-order valence-corrected chi connectivity index (χ4v) is 4.21. The second kappa shape index (κ2) is 8.65. The number of nitrogens with one attached hydrogen (secondary N) is 1. The molecule has 0 unspecified atom stereocenters. The molecule has 3 aromatic rings. The van der Waals surface area contributed by atoms with E-state index in [1.54, 1.807) is 28.9 Å². The van der Waals surface area contributed by atoms with Crippen LogP contribution in [0.1, 0.15) is 18.2 Å². The normalized spacial score (nSPS) is 13.4. The van der Waals surface area contributed by atoms with Crippen molar-refractivity contribution in [3.63, 3.8) is 0 Å². The second-order valence-electron chi connectivity index (χ2n) is 6.44. The largest absolute Gasteiger partial charge is 0.458 e. The molecule has 0 aliphatic rings. The third kappa shape index (κ3) is 5.48. The molecule has 0 fully saturated rings. The number of sulfonamides is 1. The molecule has 3 rings (SSSR count). The number of halogens is 5. The van der Waals surface area contributed by atoms with Crippen molar-refractivity contribution in [2.24, 2.45) is 0 Å². The van der Waals surface area contributed by atoms with Crippen LogP contribution < -0.4 is 4.72 Å². The average molecular weight is 496 g/mol. The van der Waals surface area contributed by atoms with Crippen LogP contribution in [0.4, 0.5) is 13.2 Å². The average Bonchev–Trinajstić information content (AvgIpc) is 3.06. The van der Waals surface area contributed by atoms with Crippen LogP contribution in [0.25, 0.3) is 5.65 Å². The predicted molar refractivity (Wildman–Crippen MR) is 106 cm³/mol. The lowest BCUT2D eigenvalue weighted by molar-refractivity contribution is -0.146. The first-order chi connectivity index (χ1) is 14.4. The van der Waals surface area contributed by atoms with Crippen molar-refractivity contribution in [1.82, 2.24) is 14.1 Å². The Bertz CT molecular complexity index is 1250. The zero-order valence-electron chi connectivity index (χ0n) is 15.7. The Morgan fingerprint density at radius 3 is 2.61 bits per heavy atom. The summed E-state index contributed by atoms with van der Waals surface area (Å²) in [6.07, 6.45) is -1.66.